The van der Waals surface area contributed by atoms with Crippen LogP contribution in [0.5, 0.6) is 0 Å². The van der Waals surface area contributed by atoms with E-state index in [4.69, 9.17) is 0 Å². The monoisotopic (exact) mass is 279 g/mol. The van der Waals surface area contributed by atoms with Crippen molar-refractivity contribution in [3.8, 4) is 0 Å². The van der Waals surface area contributed by atoms with Crippen LogP contribution in [0.4, 0.5) is 4.39 Å². The lowest BCUT2D eigenvalue weighted by Crippen LogP contribution is -2.44. The number of carbonyl (C=O) groups excluding carboxylic acids is 1. The molecule has 1 N–H and O–H groups in total. The van der Waals surface area contributed by atoms with Gasteiger partial charge in [-0.1, -0.05) is 13.0 Å². The summed E-state index contributed by atoms with van der Waals surface area (Å²) in [4.78, 5) is 14.2. The Morgan fingerprint density at radius 1 is 1.40 bits per heavy atom. The van der Waals surface area contributed by atoms with Gasteiger partial charge in [-0.3, -0.25) is 4.79 Å². The molecule has 2 rings (SSSR count). The first-order chi connectivity index (χ1) is 9.51. The molecule has 1 aliphatic rings. The molecule has 20 heavy (non-hydrogen) atoms. The predicted molar refractivity (Wildman–Crippen MR) is 76.1 cm³/mol. The Morgan fingerprint density at radius 2 is 2.05 bits per heavy atom. The van der Waals surface area contributed by atoms with Crippen LogP contribution in [0.1, 0.15) is 42.1 Å². The molecule has 0 atom stereocenters. The van der Waals surface area contributed by atoms with Crippen LogP contribution >= 0.6 is 0 Å². The number of benzene rings is 1. The Balaban J connectivity index is 2.10. The molecule has 4 heteroatoms. The number of likely N-dealkylation sites (tertiary alicyclic amines) is 1. The van der Waals surface area contributed by atoms with Crippen molar-refractivity contribution in [1.29, 1.82) is 0 Å². The van der Waals surface area contributed by atoms with Crippen molar-refractivity contribution < 1.29 is 14.3 Å². The van der Waals surface area contributed by atoms with Crippen LogP contribution in [0.15, 0.2) is 18.2 Å². The molecule has 1 aromatic rings. The zero-order valence-corrected chi connectivity index (χ0v) is 12.2. The summed E-state index contributed by atoms with van der Waals surface area (Å²) in [6.45, 7) is 5.32. The van der Waals surface area contributed by atoms with Gasteiger partial charge in [0.15, 0.2) is 0 Å². The highest BCUT2D eigenvalue weighted by molar-refractivity contribution is 5.95. The van der Waals surface area contributed by atoms with E-state index in [-0.39, 0.29) is 23.7 Å². The number of aryl methyl sites for hydroxylation is 1. The van der Waals surface area contributed by atoms with Gasteiger partial charge >= 0.3 is 0 Å². The normalized spacial score (nSPS) is 18.1. The van der Waals surface area contributed by atoms with E-state index in [1.165, 1.54) is 12.1 Å². The highest BCUT2D eigenvalue weighted by Gasteiger charge is 2.34. The van der Waals surface area contributed by atoms with E-state index in [1.807, 2.05) is 6.92 Å². The Bertz CT molecular complexity index is 487. The summed E-state index contributed by atoms with van der Waals surface area (Å²) in [7, 11) is 0. The average Bonchev–Trinajstić information content (AvgIpc) is 2.49. The van der Waals surface area contributed by atoms with Gasteiger partial charge in [-0.05, 0) is 49.3 Å². The summed E-state index contributed by atoms with van der Waals surface area (Å²) in [6.07, 6.45) is 2.53. The van der Waals surface area contributed by atoms with Gasteiger partial charge in [0, 0.05) is 25.3 Å². The molecule has 0 bridgehead atoms. The Kier molecular flexibility index (Phi) is 4.43. The molecule has 0 saturated carbocycles. The van der Waals surface area contributed by atoms with E-state index >= 15 is 0 Å². The lowest BCUT2D eigenvalue weighted by molar-refractivity contribution is 0.0337. The molecule has 1 aliphatic heterocycles. The molecule has 0 radical (unpaired) electrons. The second kappa shape index (κ2) is 5.92. The molecule has 1 fully saturated rings. The van der Waals surface area contributed by atoms with E-state index in [1.54, 1.807) is 11.0 Å². The quantitative estimate of drug-likeness (QED) is 0.924. The zero-order chi connectivity index (χ0) is 14.8. The van der Waals surface area contributed by atoms with Crippen LogP contribution in [-0.4, -0.2) is 35.6 Å². The first-order valence-electron chi connectivity index (χ1n) is 7.17. The molecule has 0 spiro atoms. The van der Waals surface area contributed by atoms with E-state index in [2.05, 4.69) is 6.92 Å². The van der Waals surface area contributed by atoms with Gasteiger partial charge in [-0.2, -0.15) is 0 Å². The molecule has 0 aliphatic carbocycles. The van der Waals surface area contributed by atoms with Gasteiger partial charge in [0.2, 0.25) is 0 Å². The van der Waals surface area contributed by atoms with Crippen LogP contribution in [0, 0.1) is 18.2 Å². The summed E-state index contributed by atoms with van der Waals surface area (Å²) in [5, 5.41) is 9.51. The minimum absolute atomic E-state index is 0.0479. The third kappa shape index (κ3) is 2.85. The Morgan fingerprint density at radius 3 is 2.60 bits per heavy atom. The van der Waals surface area contributed by atoms with Crippen molar-refractivity contribution in [2.24, 2.45) is 5.41 Å². The second-order valence-electron chi connectivity index (χ2n) is 5.76. The summed E-state index contributed by atoms with van der Waals surface area (Å²) in [6, 6.07) is 4.32. The van der Waals surface area contributed by atoms with Crippen molar-refractivity contribution in [3.63, 3.8) is 0 Å². The van der Waals surface area contributed by atoms with E-state index in [0.717, 1.165) is 24.8 Å². The van der Waals surface area contributed by atoms with Crippen molar-refractivity contribution in [1.82, 2.24) is 4.90 Å². The fourth-order valence-corrected chi connectivity index (χ4v) is 2.80. The number of hydrogen-bond donors (Lipinski definition) is 1. The number of aliphatic hydroxyl groups is 1. The van der Waals surface area contributed by atoms with Crippen molar-refractivity contribution in [3.05, 3.63) is 35.1 Å². The van der Waals surface area contributed by atoms with E-state index in [9.17, 15) is 14.3 Å². The summed E-state index contributed by atoms with van der Waals surface area (Å²) >= 11 is 0. The number of piperidine rings is 1. The molecular weight excluding hydrogens is 257 g/mol. The summed E-state index contributed by atoms with van der Waals surface area (Å²) in [5.74, 6) is -0.487. The Labute approximate surface area is 119 Å². The molecule has 1 heterocycles. The highest BCUT2D eigenvalue weighted by atomic mass is 19.1. The molecular formula is C16H22FNO2. The molecule has 3 nitrogen and oxygen atoms in total. The number of hydrogen-bond acceptors (Lipinski definition) is 2. The van der Waals surface area contributed by atoms with Crippen LogP contribution in [0.25, 0.3) is 0 Å². The smallest absolute Gasteiger partial charge is 0.254 e. The topological polar surface area (TPSA) is 40.5 Å². The van der Waals surface area contributed by atoms with Gasteiger partial charge in [0.05, 0.1) is 0 Å². The SMILES string of the molecule is CCC1(CO)CCN(C(=O)c2cc(F)ccc2C)CC1. The molecule has 1 amide bonds. The van der Waals surface area contributed by atoms with Crippen molar-refractivity contribution in [2.45, 2.75) is 33.1 Å². The van der Waals surface area contributed by atoms with Gasteiger partial charge in [0.1, 0.15) is 5.82 Å². The van der Waals surface area contributed by atoms with Gasteiger partial charge in [0.25, 0.3) is 5.91 Å². The lowest BCUT2D eigenvalue weighted by Gasteiger charge is -2.40. The number of halogens is 1. The number of rotatable bonds is 3. The third-order valence-electron chi connectivity index (χ3n) is 4.63. The van der Waals surface area contributed by atoms with Gasteiger partial charge in [-0.25, -0.2) is 4.39 Å². The van der Waals surface area contributed by atoms with Gasteiger partial charge in [-0.15, -0.1) is 0 Å². The molecule has 0 unspecified atom stereocenters. The standard InChI is InChI=1S/C16H22FNO2/c1-3-16(11-19)6-8-18(9-7-16)15(20)14-10-13(17)5-4-12(14)2/h4-5,10,19H,3,6-9,11H2,1-2H3. The first kappa shape index (κ1) is 15.0. The lowest BCUT2D eigenvalue weighted by atomic mass is 9.77. The minimum atomic E-state index is -0.380. The minimum Gasteiger partial charge on any atom is -0.396 e. The maximum atomic E-state index is 13.3. The van der Waals surface area contributed by atoms with E-state index < -0.39 is 0 Å². The molecule has 0 aromatic heterocycles. The van der Waals surface area contributed by atoms with Crippen LogP contribution in [0.3, 0.4) is 0 Å². The maximum absolute atomic E-state index is 13.3. The van der Waals surface area contributed by atoms with Crippen molar-refractivity contribution >= 4 is 5.91 Å². The van der Waals surface area contributed by atoms with Gasteiger partial charge < -0.3 is 10.0 Å². The zero-order valence-electron chi connectivity index (χ0n) is 12.2. The summed E-state index contributed by atoms with van der Waals surface area (Å²) < 4.78 is 13.3. The number of carbonyl (C=O) groups is 1. The number of aliphatic hydroxyl groups excluding tert-OH is 1. The third-order valence-corrected chi connectivity index (χ3v) is 4.63. The predicted octanol–water partition coefficient (Wildman–Crippen LogP) is 2.76. The summed E-state index contributed by atoms with van der Waals surface area (Å²) in [5.41, 5.74) is 1.19. The van der Waals surface area contributed by atoms with E-state index in [0.29, 0.717) is 18.7 Å². The average molecular weight is 279 g/mol. The van der Waals surface area contributed by atoms with Crippen molar-refractivity contribution in [2.75, 3.05) is 19.7 Å². The number of amides is 1. The first-order valence-corrected chi connectivity index (χ1v) is 7.17. The molecule has 1 aromatic carbocycles. The van der Waals surface area contributed by atoms with Crippen LogP contribution < -0.4 is 0 Å². The fourth-order valence-electron chi connectivity index (χ4n) is 2.80. The molecule has 1 saturated heterocycles. The highest BCUT2D eigenvalue weighted by Crippen LogP contribution is 2.34. The number of nitrogens with zero attached hydrogens (tertiary/aromatic N) is 1. The fraction of sp³-hybridized carbons (Fsp3) is 0.562. The Hall–Kier alpha value is -1.42. The van der Waals surface area contributed by atoms with Crippen LogP contribution in [0.2, 0.25) is 0 Å². The largest absolute Gasteiger partial charge is 0.396 e. The molecule has 110 valence electrons. The second-order valence-corrected chi connectivity index (χ2v) is 5.76. The maximum Gasteiger partial charge on any atom is 0.254 e. The van der Waals surface area contributed by atoms with Crippen LogP contribution in [-0.2, 0) is 0 Å².